The van der Waals surface area contributed by atoms with E-state index in [0.29, 0.717) is 12.0 Å². The van der Waals surface area contributed by atoms with Crippen molar-refractivity contribution in [3.8, 4) is 0 Å². The van der Waals surface area contributed by atoms with E-state index in [2.05, 4.69) is 45.0 Å². The van der Waals surface area contributed by atoms with Gasteiger partial charge < -0.3 is 9.80 Å². The Balaban J connectivity index is 2.31. The summed E-state index contributed by atoms with van der Waals surface area (Å²) >= 11 is 0. The van der Waals surface area contributed by atoms with E-state index in [-0.39, 0.29) is 11.9 Å². The molecular formula is C14H29N3O. The van der Waals surface area contributed by atoms with Gasteiger partial charge in [-0.3, -0.25) is 10.1 Å². The van der Waals surface area contributed by atoms with Crippen molar-refractivity contribution in [2.24, 2.45) is 5.92 Å². The van der Waals surface area contributed by atoms with Gasteiger partial charge in [0.05, 0.1) is 12.7 Å². The van der Waals surface area contributed by atoms with Gasteiger partial charge in [0.2, 0.25) is 5.91 Å². The van der Waals surface area contributed by atoms with Crippen LogP contribution < -0.4 is 5.32 Å². The summed E-state index contributed by atoms with van der Waals surface area (Å²) in [6.07, 6.45) is 2.10. The first kappa shape index (κ1) is 15.4. The summed E-state index contributed by atoms with van der Waals surface area (Å²) in [6.45, 7) is 11.3. The third-order valence-electron chi connectivity index (χ3n) is 4.11. The van der Waals surface area contributed by atoms with Crippen LogP contribution in [0.3, 0.4) is 0 Å². The highest BCUT2D eigenvalue weighted by Gasteiger charge is 2.33. The molecule has 4 heteroatoms. The quantitative estimate of drug-likeness (QED) is 0.749. The molecule has 0 radical (unpaired) electrons. The molecule has 0 aliphatic carbocycles. The van der Waals surface area contributed by atoms with Gasteiger partial charge in [-0.15, -0.1) is 0 Å². The largest absolute Gasteiger partial charge is 0.328 e. The van der Waals surface area contributed by atoms with Crippen LogP contribution in [0, 0.1) is 5.92 Å². The fraction of sp³-hybridized carbons (Fsp3) is 0.929. The Hall–Kier alpha value is -0.610. The molecule has 0 aromatic rings. The van der Waals surface area contributed by atoms with Crippen LogP contribution in [0.15, 0.2) is 0 Å². The minimum Gasteiger partial charge on any atom is -0.328 e. The Morgan fingerprint density at radius 3 is 2.67 bits per heavy atom. The fourth-order valence-corrected chi connectivity index (χ4v) is 2.21. The summed E-state index contributed by atoms with van der Waals surface area (Å²) in [6, 6.07) is 0.614. The standard InChI is InChI=1S/C14H29N3O/c1-6-12(4)13-14(18)17(10-15-13)9-7-8-16(5)11(2)3/h11-13,15H,6-10H2,1-5H3. The molecule has 1 fully saturated rings. The SMILES string of the molecule is CCC(C)C1NCN(CCCN(C)C(C)C)C1=O. The summed E-state index contributed by atoms with van der Waals surface area (Å²) in [7, 11) is 2.14. The highest BCUT2D eigenvalue weighted by atomic mass is 16.2. The summed E-state index contributed by atoms with van der Waals surface area (Å²) < 4.78 is 0. The van der Waals surface area contributed by atoms with E-state index in [1.54, 1.807) is 0 Å². The maximum Gasteiger partial charge on any atom is 0.241 e. The first-order valence-corrected chi connectivity index (χ1v) is 7.19. The minimum atomic E-state index is 0.0397. The van der Waals surface area contributed by atoms with Crippen molar-refractivity contribution >= 4 is 5.91 Å². The molecule has 18 heavy (non-hydrogen) atoms. The van der Waals surface area contributed by atoms with Gasteiger partial charge in [0.1, 0.15) is 0 Å². The zero-order chi connectivity index (χ0) is 13.7. The first-order chi connectivity index (χ1) is 8.47. The summed E-state index contributed by atoms with van der Waals surface area (Å²) in [5, 5.41) is 3.33. The van der Waals surface area contributed by atoms with Gasteiger partial charge >= 0.3 is 0 Å². The van der Waals surface area contributed by atoms with E-state index in [1.807, 2.05) is 4.90 Å². The van der Waals surface area contributed by atoms with Crippen LogP contribution in [-0.2, 0) is 4.79 Å². The minimum absolute atomic E-state index is 0.0397. The number of nitrogens with zero attached hydrogens (tertiary/aromatic N) is 2. The van der Waals surface area contributed by atoms with Crippen LogP contribution in [0.1, 0.15) is 40.5 Å². The Labute approximate surface area is 112 Å². The van der Waals surface area contributed by atoms with Gasteiger partial charge in [0.25, 0.3) is 0 Å². The van der Waals surface area contributed by atoms with Crippen molar-refractivity contribution in [2.45, 2.75) is 52.6 Å². The Morgan fingerprint density at radius 2 is 2.11 bits per heavy atom. The lowest BCUT2D eigenvalue weighted by Crippen LogP contribution is -2.36. The van der Waals surface area contributed by atoms with E-state index >= 15 is 0 Å². The zero-order valence-electron chi connectivity index (χ0n) is 12.6. The van der Waals surface area contributed by atoms with Crippen molar-refractivity contribution in [2.75, 3.05) is 26.8 Å². The lowest BCUT2D eigenvalue weighted by molar-refractivity contribution is -0.129. The Bertz CT molecular complexity index is 268. The van der Waals surface area contributed by atoms with E-state index in [1.165, 1.54) is 0 Å². The van der Waals surface area contributed by atoms with E-state index in [9.17, 15) is 4.79 Å². The molecule has 1 aliphatic heterocycles. The lowest BCUT2D eigenvalue weighted by Gasteiger charge is -2.23. The molecule has 0 aromatic carbocycles. The molecule has 1 aliphatic rings. The van der Waals surface area contributed by atoms with Crippen molar-refractivity contribution in [1.29, 1.82) is 0 Å². The molecule has 0 aromatic heterocycles. The van der Waals surface area contributed by atoms with Gasteiger partial charge in [-0.05, 0) is 39.8 Å². The van der Waals surface area contributed by atoms with Gasteiger partial charge in [-0.25, -0.2) is 0 Å². The molecule has 0 saturated carbocycles. The zero-order valence-corrected chi connectivity index (χ0v) is 12.6. The second-order valence-electron chi connectivity index (χ2n) is 5.76. The third kappa shape index (κ3) is 3.95. The third-order valence-corrected chi connectivity index (χ3v) is 4.11. The van der Waals surface area contributed by atoms with Crippen LogP contribution in [-0.4, -0.2) is 54.6 Å². The average molecular weight is 255 g/mol. The highest BCUT2D eigenvalue weighted by Crippen LogP contribution is 2.15. The number of hydrogen-bond donors (Lipinski definition) is 1. The molecule has 2 atom stereocenters. The lowest BCUT2D eigenvalue weighted by atomic mass is 9.99. The van der Waals surface area contributed by atoms with Gasteiger partial charge in [0, 0.05) is 12.6 Å². The predicted octanol–water partition coefficient (Wildman–Crippen LogP) is 1.52. The van der Waals surface area contributed by atoms with E-state index < -0.39 is 0 Å². The maximum absolute atomic E-state index is 12.2. The number of rotatable bonds is 7. The number of hydrogen-bond acceptors (Lipinski definition) is 3. The summed E-state index contributed by atoms with van der Waals surface area (Å²) in [5.74, 6) is 0.720. The molecule has 1 saturated heterocycles. The Morgan fingerprint density at radius 1 is 1.44 bits per heavy atom. The summed E-state index contributed by atoms with van der Waals surface area (Å²) in [5.41, 5.74) is 0. The molecule has 0 bridgehead atoms. The smallest absolute Gasteiger partial charge is 0.241 e. The van der Waals surface area contributed by atoms with Gasteiger partial charge in [-0.1, -0.05) is 20.3 Å². The van der Waals surface area contributed by atoms with Gasteiger partial charge in [0.15, 0.2) is 0 Å². The Kier molecular flexibility index (Phi) is 6.09. The van der Waals surface area contributed by atoms with Gasteiger partial charge in [-0.2, -0.15) is 0 Å². The van der Waals surface area contributed by atoms with Crippen LogP contribution in [0.5, 0.6) is 0 Å². The van der Waals surface area contributed by atoms with Crippen LogP contribution >= 0.6 is 0 Å². The first-order valence-electron chi connectivity index (χ1n) is 7.19. The molecule has 2 unspecified atom stereocenters. The average Bonchev–Trinajstić information content (AvgIpc) is 2.70. The number of amides is 1. The molecule has 4 nitrogen and oxygen atoms in total. The van der Waals surface area contributed by atoms with Crippen molar-refractivity contribution < 1.29 is 4.79 Å². The topological polar surface area (TPSA) is 35.6 Å². The molecule has 106 valence electrons. The fourth-order valence-electron chi connectivity index (χ4n) is 2.21. The van der Waals surface area contributed by atoms with Crippen molar-refractivity contribution in [1.82, 2.24) is 15.1 Å². The molecule has 1 N–H and O–H groups in total. The second-order valence-corrected chi connectivity index (χ2v) is 5.76. The van der Waals surface area contributed by atoms with Crippen LogP contribution in [0.25, 0.3) is 0 Å². The highest BCUT2D eigenvalue weighted by molar-refractivity contribution is 5.84. The summed E-state index contributed by atoms with van der Waals surface area (Å²) in [4.78, 5) is 16.4. The molecule has 0 spiro atoms. The van der Waals surface area contributed by atoms with E-state index in [4.69, 9.17) is 0 Å². The molecular weight excluding hydrogens is 226 g/mol. The van der Waals surface area contributed by atoms with E-state index in [0.717, 1.165) is 32.6 Å². The molecule has 1 heterocycles. The maximum atomic E-state index is 12.2. The number of nitrogens with one attached hydrogen (secondary N) is 1. The number of carbonyl (C=O) groups excluding carboxylic acids is 1. The molecule has 1 amide bonds. The second kappa shape index (κ2) is 7.10. The monoisotopic (exact) mass is 255 g/mol. The number of carbonyl (C=O) groups is 1. The van der Waals surface area contributed by atoms with Crippen LogP contribution in [0.2, 0.25) is 0 Å². The predicted molar refractivity (Wildman–Crippen MR) is 75.3 cm³/mol. The van der Waals surface area contributed by atoms with Crippen molar-refractivity contribution in [3.63, 3.8) is 0 Å². The van der Waals surface area contributed by atoms with Crippen LogP contribution in [0.4, 0.5) is 0 Å². The molecule has 1 rings (SSSR count). The normalized spacial score (nSPS) is 22.3. The van der Waals surface area contributed by atoms with Crippen molar-refractivity contribution in [3.05, 3.63) is 0 Å².